The van der Waals surface area contributed by atoms with E-state index in [-0.39, 0.29) is 5.91 Å². The lowest BCUT2D eigenvalue weighted by atomic mass is 10.1. The first-order chi connectivity index (χ1) is 7.60. The van der Waals surface area contributed by atoms with Crippen molar-refractivity contribution in [2.24, 2.45) is 0 Å². The second-order valence-corrected chi connectivity index (χ2v) is 4.64. The van der Waals surface area contributed by atoms with E-state index in [1.54, 1.807) is 6.07 Å². The zero-order valence-electron chi connectivity index (χ0n) is 9.25. The van der Waals surface area contributed by atoms with Crippen LogP contribution in [-0.4, -0.2) is 11.9 Å². The third-order valence-corrected chi connectivity index (χ3v) is 3.55. The lowest BCUT2D eigenvalue weighted by Crippen LogP contribution is -2.33. The molecule has 0 saturated carbocycles. The summed E-state index contributed by atoms with van der Waals surface area (Å²) >= 11 is 2.19. The van der Waals surface area contributed by atoms with Crippen molar-refractivity contribution in [2.45, 2.75) is 26.3 Å². The van der Waals surface area contributed by atoms with E-state index in [1.807, 2.05) is 26.0 Å². The Hall–Kier alpha value is -1.09. The van der Waals surface area contributed by atoms with Crippen molar-refractivity contribution in [1.82, 2.24) is 5.32 Å². The topological polar surface area (TPSA) is 52.9 Å². The van der Waals surface area contributed by atoms with Crippen LogP contribution in [0.15, 0.2) is 18.2 Å². The molecule has 0 heterocycles. The van der Waals surface area contributed by atoms with Crippen molar-refractivity contribution >= 4 is 28.5 Å². The van der Waals surface area contributed by atoms with Crippen LogP contribution in [0, 0.1) is 21.8 Å². The molecule has 84 valence electrons. The van der Waals surface area contributed by atoms with Gasteiger partial charge in [0.1, 0.15) is 6.04 Å². The molecular formula is C12H13IN2O. The van der Waals surface area contributed by atoms with E-state index in [0.717, 1.165) is 9.13 Å². The lowest BCUT2D eigenvalue weighted by molar-refractivity contribution is 0.0944. The summed E-state index contributed by atoms with van der Waals surface area (Å²) in [6, 6.07) is 7.21. The molecule has 4 heteroatoms. The molecule has 1 N–H and O–H groups in total. The summed E-state index contributed by atoms with van der Waals surface area (Å²) in [7, 11) is 0. The number of nitriles is 1. The number of hydrogen-bond donors (Lipinski definition) is 1. The second kappa shape index (κ2) is 5.85. The highest BCUT2D eigenvalue weighted by atomic mass is 127. The smallest absolute Gasteiger partial charge is 0.252 e. The average molecular weight is 328 g/mol. The van der Waals surface area contributed by atoms with Crippen LogP contribution in [0.5, 0.6) is 0 Å². The van der Waals surface area contributed by atoms with Crippen LogP contribution in [0.25, 0.3) is 0 Å². The Kier molecular flexibility index (Phi) is 4.74. The third-order valence-electron chi connectivity index (χ3n) is 2.38. The molecule has 0 fully saturated rings. The zero-order chi connectivity index (χ0) is 12.1. The molecule has 1 rings (SSSR count). The van der Waals surface area contributed by atoms with Crippen molar-refractivity contribution in [1.29, 1.82) is 5.26 Å². The molecule has 0 aliphatic carbocycles. The fraction of sp³-hybridized carbons (Fsp3) is 0.333. The Morgan fingerprint density at radius 1 is 1.62 bits per heavy atom. The summed E-state index contributed by atoms with van der Waals surface area (Å²) in [5.41, 5.74) is 1.59. The molecule has 0 aromatic heterocycles. The van der Waals surface area contributed by atoms with Crippen LogP contribution in [-0.2, 0) is 0 Å². The van der Waals surface area contributed by atoms with Crippen molar-refractivity contribution in [3.63, 3.8) is 0 Å². The number of carbonyl (C=O) groups is 1. The molecule has 0 aliphatic heterocycles. The van der Waals surface area contributed by atoms with Gasteiger partial charge in [-0.05, 0) is 53.6 Å². The Morgan fingerprint density at radius 3 is 2.88 bits per heavy atom. The summed E-state index contributed by atoms with van der Waals surface area (Å²) in [5, 5.41) is 11.5. The molecule has 16 heavy (non-hydrogen) atoms. The van der Waals surface area contributed by atoms with Crippen molar-refractivity contribution in [3.8, 4) is 6.07 Å². The summed E-state index contributed by atoms with van der Waals surface area (Å²) in [6.45, 7) is 3.78. The van der Waals surface area contributed by atoms with E-state index in [4.69, 9.17) is 5.26 Å². The van der Waals surface area contributed by atoms with E-state index in [1.165, 1.54) is 0 Å². The van der Waals surface area contributed by atoms with Gasteiger partial charge >= 0.3 is 0 Å². The van der Waals surface area contributed by atoms with Crippen LogP contribution in [0.1, 0.15) is 29.3 Å². The first kappa shape index (κ1) is 13.0. The lowest BCUT2D eigenvalue weighted by Gasteiger charge is -2.11. The predicted molar refractivity (Wildman–Crippen MR) is 71.1 cm³/mol. The van der Waals surface area contributed by atoms with E-state index in [2.05, 4.69) is 34.0 Å². The largest absolute Gasteiger partial charge is 0.336 e. The van der Waals surface area contributed by atoms with Gasteiger partial charge < -0.3 is 5.32 Å². The average Bonchev–Trinajstić information content (AvgIpc) is 2.29. The molecule has 0 saturated heterocycles. The Labute approximate surface area is 109 Å². The number of nitrogens with zero attached hydrogens (tertiary/aromatic N) is 1. The molecule has 1 aromatic rings. The van der Waals surface area contributed by atoms with E-state index in [0.29, 0.717) is 12.0 Å². The molecule has 3 nitrogen and oxygen atoms in total. The van der Waals surface area contributed by atoms with Gasteiger partial charge in [0.25, 0.3) is 5.91 Å². The Balaban J connectivity index is 2.90. The zero-order valence-corrected chi connectivity index (χ0v) is 11.4. The Morgan fingerprint density at radius 2 is 2.31 bits per heavy atom. The van der Waals surface area contributed by atoms with Crippen molar-refractivity contribution in [3.05, 3.63) is 32.9 Å². The summed E-state index contributed by atoms with van der Waals surface area (Å²) in [6.07, 6.45) is 0.616. The first-order valence-corrected chi connectivity index (χ1v) is 6.13. The van der Waals surface area contributed by atoms with Gasteiger partial charge in [-0.2, -0.15) is 5.26 Å². The number of carbonyl (C=O) groups excluding carboxylic acids is 1. The summed E-state index contributed by atoms with van der Waals surface area (Å²) in [4.78, 5) is 11.9. The highest BCUT2D eigenvalue weighted by Gasteiger charge is 2.13. The fourth-order valence-electron chi connectivity index (χ4n) is 1.32. The quantitative estimate of drug-likeness (QED) is 0.868. The first-order valence-electron chi connectivity index (χ1n) is 5.05. The van der Waals surface area contributed by atoms with Crippen LogP contribution < -0.4 is 5.32 Å². The normalized spacial score (nSPS) is 11.6. The molecule has 0 radical (unpaired) electrons. The van der Waals surface area contributed by atoms with Crippen LogP contribution in [0.3, 0.4) is 0 Å². The molecule has 0 spiro atoms. The second-order valence-electron chi connectivity index (χ2n) is 3.48. The summed E-state index contributed by atoms with van der Waals surface area (Å²) in [5.74, 6) is -0.176. The number of amides is 1. The minimum Gasteiger partial charge on any atom is -0.336 e. The van der Waals surface area contributed by atoms with Crippen molar-refractivity contribution < 1.29 is 4.79 Å². The molecular weight excluding hydrogens is 315 g/mol. The van der Waals surface area contributed by atoms with Crippen LogP contribution in [0.2, 0.25) is 0 Å². The van der Waals surface area contributed by atoms with Crippen molar-refractivity contribution in [2.75, 3.05) is 0 Å². The highest BCUT2D eigenvalue weighted by molar-refractivity contribution is 14.1. The summed E-state index contributed by atoms with van der Waals surface area (Å²) < 4.78 is 1.05. The van der Waals surface area contributed by atoms with Gasteiger partial charge in [-0.15, -0.1) is 0 Å². The van der Waals surface area contributed by atoms with Crippen LogP contribution >= 0.6 is 22.6 Å². The number of benzene rings is 1. The monoisotopic (exact) mass is 328 g/mol. The van der Waals surface area contributed by atoms with Gasteiger partial charge in [0.2, 0.25) is 0 Å². The maximum atomic E-state index is 11.9. The maximum absolute atomic E-state index is 11.9. The molecule has 0 bridgehead atoms. The van der Waals surface area contributed by atoms with Gasteiger partial charge in [-0.1, -0.05) is 13.0 Å². The number of nitrogens with one attached hydrogen (secondary N) is 1. The van der Waals surface area contributed by atoms with Gasteiger partial charge in [0.15, 0.2) is 0 Å². The number of hydrogen-bond acceptors (Lipinski definition) is 2. The van der Waals surface area contributed by atoms with Gasteiger partial charge in [0.05, 0.1) is 6.07 Å². The molecule has 1 atom stereocenters. The minimum absolute atomic E-state index is 0.176. The standard InChI is InChI=1S/C12H13IN2O/c1-3-9(7-14)15-12(16)10-5-4-6-11(13)8(10)2/h4-6,9H,3H2,1-2H3,(H,15,16). The van der Waals surface area contributed by atoms with Gasteiger partial charge in [-0.3, -0.25) is 4.79 Å². The molecule has 0 aliphatic rings. The minimum atomic E-state index is -0.412. The number of rotatable bonds is 3. The SMILES string of the molecule is CCC(C#N)NC(=O)c1cccc(I)c1C. The molecule has 1 unspecified atom stereocenters. The van der Waals surface area contributed by atoms with Gasteiger partial charge in [-0.25, -0.2) is 0 Å². The number of halogens is 1. The predicted octanol–water partition coefficient (Wildman–Crippen LogP) is 2.63. The molecule has 1 amide bonds. The van der Waals surface area contributed by atoms with E-state index >= 15 is 0 Å². The van der Waals surface area contributed by atoms with Crippen LogP contribution in [0.4, 0.5) is 0 Å². The fourth-order valence-corrected chi connectivity index (χ4v) is 1.81. The van der Waals surface area contributed by atoms with E-state index in [9.17, 15) is 4.79 Å². The Bertz CT molecular complexity index is 437. The van der Waals surface area contributed by atoms with E-state index < -0.39 is 6.04 Å². The molecule has 1 aromatic carbocycles. The maximum Gasteiger partial charge on any atom is 0.252 e. The third kappa shape index (κ3) is 2.95. The van der Waals surface area contributed by atoms with Gasteiger partial charge in [0, 0.05) is 9.13 Å². The highest BCUT2D eigenvalue weighted by Crippen LogP contribution is 2.15.